The van der Waals surface area contributed by atoms with Gasteiger partial charge in [0.25, 0.3) is 0 Å². The van der Waals surface area contributed by atoms with Crippen LogP contribution in [-0.2, 0) is 13.0 Å². The van der Waals surface area contributed by atoms with Crippen LogP contribution >= 0.6 is 0 Å². The van der Waals surface area contributed by atoms with Gasteiger partial charge in [0.1, 0.15) is 5.82 Å². The highest BCUT2D eigenvalue weighted by Gasteiger charge is 2.16. The molecule has 0 spiro atoms. The van der Waals surface area contributed by atoms with E-state index in [0.29, 0.717) is 6.54 Å². The molecule has 2 heterocycles. The molecule has 3 rings (SSSR count). The summed E-state index contributed by atoms with van der Waals surface area (Å²) in [6.07, 6.45) is 3.98. The van der Waals surface area contributed by atoms with Gasteiger partial charge in [-0.25, -0.2) is 4.39 Å². The van der Waals surface area contributed by atoms with Gasteiger partial charge in [-0.1, -0.05) is 24.3 Å². The molecule has 0 amide bonds. The van der Waals surface area contributed by atoms with E-state index in [0.717, 1.165) is 56.8 Å². The number of aromatic nitrogens is 1. The summed E-state index contributed by atoms with van der Waals surface area (Å²) in [5, 5.41) is 0. The van der Waals surface area contributed by atoms with E-state index >= 15 is 0 Å². The van der Waals surface area contributed by atoms with E-state index in [1.807, 2.05) is 30.5 Å². The van der Waals surface area contributed by atoms with E-state index < -0.39 is 0 Å². The molecule has 0 N–H and O–H groups in total. The van der Waals surface area contributed by atoms with Gasteiger partial charge < -0.3 is 4.90 Å². The normalized spacial score (nSPS) is 17.1. The predicted octanol–water partition coefficient (Wildman–Crippen LogP) is 2.97. The van der Waals surface area contributed by atoms with Crippen LogP contribution in [0, 0.1) is 5.82 Å². The van der Waals surface area contributed by atoms with E-state index in [-0.39, 0.29) is 5.82 Å². The summed E-state index contributed by atoms with van der Waals surface area (Å²) in [5.41, 5.74) is 1.95. The van der Waals surface area contributed by atoms with Gasteiger partial charge in [0.05, 0.1) is 0 Å². The zero-order valence-electron chi connectivity index (χ0n) is 13.5. The molecule has 1 aromatic heterocycles. The molecular weight excluding hydrogens is 289 g/mol. The standard InChI is InChI=1S/C19H24FN3/c20-19-8-2-1-6-17(19)16-23-12-5-11-22(14-15-23)13-9-18-7-3-4-10-21-18/h1-4,6-8,10H,5,9,11-16H2. The first kappa shape index (κ1) is 16.1. The summed E-state index contributed by atoms with van der Waals surface area (Å²) < 4.78 is 13.8. The number of halogens is 1. The van der Waals surface area contributed by atoms with Crippen molar-refractivity contribution in [2.75, 3.05) is 32.7 Å². The van der Waals surface area contributed by atoms with E-state index in [1.54, 1.807) is 12.1 Å². The molecule has 4 heteroatoms. The van der Waals surface area contributed by atoms with Crippen molar-refractivity contribution < 1.29 is 4.39 Å². The summed E-state index contributed by atoms with van der Waals surface area (Å²) in [7, 11) is 0. The first-order valence-electron chi connectivity index (χ1n) is 8.39. The second-order valence-electron chi connectivity index (χ2n) is 6.13. The van der Waals surface area contributed by atoms with Crippen LogP contribution in [0.3, 0.4) is 0 Å². The third-order valence-electron chi connectivity index (χ3n) is 4.44. The zero-order valence-corrected chi connectivity index (χ0v) is 13.5. The molecule has 1 aliphatic rings. The molecule has 0 unspecified atom stereocenters. The minimum atomic E-state index is -0.0937. The summed E-state index contributed by atoms with van der Waals surface area (Å²) >= 11 is 0. The molecule has 2 aromatic rings. The maximum atomic E-state index is 13.8. The lowest BCUT2D eigenvalue weighted by Crippen LogP contribution is -2.32. The molecule has 1 saturated heterocycles. The quantitative estimate of drug-likeness (QED) is 0.846. The molecule has 23 heavy (non-hydrogen) atoms. The van der Waals surface area contributed by atoms with Gasteiger partial charge >= 0.3 is 0 Å². The summed E-state index contributed by atoms with van der Waals surface area (Å²) in [6.45, 7) is 5.94. The zero-order chi connectivity index (χ0) is 15.9. The van der Waals surface area contributed by atoms with Crippen molar-refractivity contribution in [2.45, 2.75) is 19.4 Å². The average molecular weight is 313 g/mol. The fourth-order valence-corrected chi connectivity index (χ4v) is 3.09. The van der Waals surface area contributed by atoms with Crippen LogP contribution in [0.5, 0.6) is 0 Å². The lowest BCUT2D eigenvalue weighted by Gasteiger charge is -2.22. The van der Waals surface area contributed by atoms with E-state index in [1.165, 1.54) is 0 Å². The van der Waals surface area contributed by atoms with Gasteiger partial charge in [0.2, 0.25) is 0 Å². The fraction of sp³-hybridized carbons (Fsp3) is 0.421. The summed E-state index contributed by atoms with van der Waals surface area (Å²) in [5.74, 6) is -0.0937. The molecule has 0 aliphatic carbocycles. The lowest BCUT2D eigenvalue weighted by atomic mass is 10.2. The Morgan fingerprint density at radius 1 is 0.913 bits per heavy atom. The number of rotatable bonds is 5. The van der Waals surface area contributed by atoms with Crippen LogP contribution in [0.1, 0.15) is 17.7 Å². The first-order valence-corrected chi connectivity index (χ1v) is 8.39. The second-order valence-corrected chi connectivity index (χ2v) is 6.13. The van der Waals surface area contributed by atoms with Gasteiger partial charge in [0, 0.05) is 50.1 Å². The van der Waals surface area contributed by atoms with Crippen molar-refractivity contribution >= 4 is 0 Å². The Labute approximate surface area is 137 Å². The maximum absolute atomic E-state index is 13.8. The molecule has 1 aromatic carbocycles. The first-order chi connectivity index (χ1) is 11.3. The average Bonchev–Trinajstić information content (AvgIpc) is 2.81. The minimum absolute atomic E-state index is 0.0937. The summed E-state index contributed by atoms with van der Waals surface area (Å²) in [6, 6.07) is 13.2. The number of nitrogens with zero attached hydrogens (tertiary/aromatic N) is 3. The third-order valence-corrected chi connectivity index (χ3v) is 4.44. The molecule has 0 radical (unpaired) electrons. The number of benzene rings is 1. The van der Waals surface area contributed by atoms with Crippen molar-refractivity contribution in [3.05, 3.63) is 65.7 Å². The monoisotopic (exact) mass is 313 g/mol. The second kappa shape index (κ2) is 8.18. The molecule has 0 atom stereocenters. The van der Waals surface area contributed by atoms with Crippen LogP contribution in [0.2, 0.25) is 0 Å². The number of pyridine rings is 1. The Kier molecular flexibility index (Phi) is 5.72. The number of hydrogen-bond acceptors (Lipinski definition) is 3. The van der Waals surface area contributed by atoms with Crippen LogP contribution in [-0.4, -0.2) is 47.5 Å². The van der Waals surface area contributed by atoms with Gasteiger partial charge in [-0.3, -0.25) is 9.88 Å². The Balaban J connectivity index is 1.48. The smallest absolute Gasteiger partial charge is 0.127 e. The molecule has 1 aliphatic heterocycles. The van der Waals surface area contributed by atoms with E-state index in [4.69, 9.17) is 0 Å². The fourth-order valence-electron chi connectivity index (χ4n) is 3.09. The van der Waals surface area contributed by atoms with E-state index in [2.05, 4.69) is 20.9 Å². The largest absolute Gasteiger partial charge is 0.302 e. The highest BCUT2D eigenvalue weighted by Crippen LogP contribution is 2.12. The van der Waals surface area contributed by atoms with Gasteiger partial charge in [0.15, 0.2) is 0 Å². The van der Waals surface area contributed by atoms with Crippen molar-refractivity contribution in [2.24, 2.45) is 0 Å². The third kappa shape index (κ3) is 4.85. The Bertz CT molecular complexity index is 603. The van der Waals surface area contributed by atoms with Gasteiger partial charge in [-0.2, -0.15) is 0 Å². The lowest BCUT2D eigenvalue weighted by molar-refractivity contribution is 0.250. The van der Waals surface area contributed by atoms with Crippen molar-refractivity contribution in [3.63, 3.8) is 0 Å². The van der Waals surface area contributed by atoms with Gasteiger partial charge in [-0.15, -0.1) is 0 Å². The molecule has 1 fully saturated rings. The molecule has 122 valence electrons. The SMILES string of the molecule is Fc1ccccc1CN1CCCN(CCc2ccccn2)CC1. The van der Waals surface area contributed by atoms with Crippen LogP contribution in [0.15, 0.2) is 48.7 Å². The predicted molar refractivity (Wildman–Crippen MR) is 90.7 cm³/mol. The molecule has 0 saturated carbocycles. The maximum Gasteiger partial charge on any atom is 0.127 e. The summed E-state index contributed by atoms with van der Waals surface area (Å²) in [4.78, 5) is 9.24. The Morgan fingerprint density at radius 2 is 1.70 bits per heavy atom. The highest BCUT2D eigenvalue weighted by atomic mass is 19.1. The van der Waals surface area contributed by atoms with Crippen molar-refractivity contribution in [1.29, 1.82) is 0 Å². The van der Waals surface area contributed by atoms with Crippen LogP contribution < -0.4 is 0 Å². The number of hydrogen-bond donors (Lipinski definition) is 0. The van der Waals surface area contributed by atoms with Crippen molar-refractivity contribution in [1.82, 2.24) is 14.8 Å². The Hall–Kier alpha value is -1.78. The van der Waals surface area contributed by atoms with Crippen molar-refractivity contribution in [3.8, 4) is 0 Å². The molecule has 0 bridgehead atoms. The molecule has 3 nitrogen and oxygen atoms in total. The Morgan fingerprint density at radius 3 is 2.52 bits per heavy atom. The topological polar surface area (TPSA) is 19.4 Å². The van der Waals surface area contributed by atoms with Gasteiger partial charge in [-0.05, 0) is 37.7 Å². The van der Waals surface area contributed by atoms with E-state index in [9.17, 15) is 4.39 Å². The minimum Gasteiger partial charge on any atom is -0.302 e. The van der Waals surface area contributed by atoms with Crippen LogP contribution in [0.4, 0.5) is 4.39 Å². The molecular formula is C19H24FN3. The van der Waals surface area contributed by atoms with Crippen LogP contribution in [0.25, 0.3) is 0 Å². The highest BCUT2D eigenvalue weighted by molar-refractivity contribution is 5.17.